The van der Waals surface area contributed by atoms with Gasteiger partial charge in [0, 0.05) is 12.6 Å². The molecule has 0 unspecified atom stereocenters. The Kier molecular flexibility index (Phi) is 7.93. The van der Waals surface area contributed by atoms with Crippen LogP contribution in [0.1, 0.15) is 33.1 Å². The summed E-state index contributed by atoms with van der Waals surface area (Å²) in [6, 6.07) is 3.91. The maximum Gasteiger partial charge on any atom is 0.257 e. The van der Waals surface area contributed by atoms with Gasteiger partial charge in [-0.15, -0.1) is 21.5 Å². The van der Waals surface area contributed by atoms with Crippen molar-refractivity contribution in [3.63, 3.8) is 0 Å². The van der Waals surface area contributed by atoms with E-state index in [9.17, 15) is 9.59 Å². The van der Waals surface area contributed by atoms with Crippen LogP contribution in [0.5, 0.6) is 0 Å². The Balaban J connectivity index is 1.93. The summed E-state index contributed by atoms with van der Waals surface area (Å²) in [5.41, 5.74) is 0. The number of likely N-dealkylation sites (N-methyl/N-ethyl adjacent to an activating group) is 1. The summed E-state index contributed by atoms with van der Waals surface area (Å²) in [7, 11) is 1.75. The first-order valence-corrected chi connectivity index (χ1v) is 9.89. The Morgan fingerprint density at radius 3 is 2.70 bits per heavy atom. The Bertz CT molecular complexity index is 729. The fraction of sp³-hybridized carbons (Fsp3) is 0.556. The highest BCUT2D eigenvalue weighted by Gasteiger charge is 2.20. The Labute approximate surface area is 163 Å². The molecule has 2 rings (SSSR count). The van der Waals surface area contributed by atoms with E-state index in [1.54, 1.807) is 16.8 Å². The molecule has 8 nitrogen and oxygen atoms in total. The van der Waals surface area contributed by atoms with Crippen LogP contribution in [0.4, 0.5) is 0 Å². The first kappa shape index (κ1) is 21.0. The predicted molar refractivity (Wildman–Crippen MR) is 104 cm³/mol. The number of nitrogens with one attached hydrogen (secondary N) is 1. The van der Waals surface area contributed by atoms with E-state index in [1.165, 1.54) is 11.3 Å². The summed E-state index contributed by atoms with van der Waals surface area (Å²) in [6.07, 6.45) is 0.815. The Hall–Kier alpha value is -2.26. The molecule has 0 fully saturated rings. The molecule has 2 aromatic heterocycles. The van der Waals surface area contributed by atoms with E-state index in [0.29, 0.717) is 18.3 Å². The largest absolute Gasteiger partial charge is 0.418 e. The number of nitrogens with zero attached hydrogens (tertiary/aromatic N) is 4. The number of carbonyl (C=O) groups excluding carboxylic acids is 2. The van der Waals surface area contributed by atoms with Crippen LogP contribution in [-0.4, -0.2) is 64.5 Å². The first-order valence-electron chi connectivity index (χ1n) is 9.01. The topological polar surface area (TPSA) is 91.6 Å². The molecular weight excluding hydrogens is 366 g/mol. The van der Waals surface area contributed by atoms with Crippen LogP contribution in [0.2, 0.25) is 0 Å². The molecule has 2 aromatic rings. The van der Waals surface area contributed by atoms with Crippen molar-refractivity contribution in [1.82, 2.24) is 25.3 Å². The van der Waals surface area contributed by atoms with Gasteiger partial charge in [0.2, 0.25) is 17.7 Å². The minimum Gasteiger partial charge on any atom is -0.418 e. The van der Waals surface area contributed by atoms with Gasteiger partial charge in [-0.2, -0.15) is 0 Å². The van der Waals surface area contributed by atoms with Crippen LogP contribution < -0.4 is 5.32 Å². The molecule has 0 saturated heterocycles. The van der Waals surface area contributed by atoms with E-state index in [0.717, 1.165) is 11.3 Å². The van der Waals surface area contributed by atoms with Gasteiger partial charge in [-0.1, -0.05) is 13.0 Å². The minimum absolute atomic E-state index is 0.0763. The summed E-state index contributed by atoms with van der Waals surface area (Å²) >= 11 is 1.52. The zero-order valence-corrected chi connectivity index (χ0v) is 17.1. The highest BCUT2D eigenvalue weighted by Crippen LogP contribution is 2.23. The maximum atomic E-state index is 12.7. The van der Waals surface area contributed by atoms with Crippen LogP contribution >= 0.6 is 11.3 Å². The Morgan fingerprint density at radius 2 is 2.07 bits per heavy atom. The SMILES string of the molecule is CCCN(Cc1nnc(-c2cccs2)o1)C(=O)CN(C)CC(=O)NC(C)C. The predicted octanol–water partition coefficient (Wildman–Crippen LogP) is 1.99. The van der Waals surface area contributed by atoms with Crippen LogP contribution in [0.3, 0.4) is 0 Å². The van der Waals surface area contributed by atoms with Crippen molar-refractivity contribution in [3.05, 3.63) is 23.4 Å². The number of carbonyl (C=O) groups is 2. The fourth-order valence-electron chi connectivity index (χ4n) is 2.54. The molecule has 148 valence electrons. The third-order valence-corrected chi connectivity index (χ3v) is 4.50. The Morgan fingerprint density at radius 1 is 1.30 bits per heavy atom. The minimum atomic E-state index is -0.0974. The van der Waals surface area contributed by atoms with Gasteiger partial charge >= 0.3 is 0 Å². The molecule has 27 heavy (non-hydrogen) atoms. The van der Waals surface area contributed by atoms with Crippen molar-refractivity contribution in [2.24, 2.45) is 0 Å². The van der Waals surface area contributed by atoms with E-state index in [1.807, 2.05) is 38.3 Å². The number of hydrogen-bond acceptors (Lipinski definition) is 7. The molecule has 0 aliphatic rings. The number of amides is 2. The molecule has 2 amide bonds. The van der Waals surface area contributed by atoms with E-state index in [4.69, 9.17) is 4.42 Å². The first-order chi connectivity index (χ1) is 12.9. The van der Waals surface area contributed by atoms with Crippen LogP contribution in [0, 0.1) is 0 Å². The lowest BCUT2D eigenvalue weighted by atomic mass is 10.3. The third-order valence-electron chi connectivity index (χ3n) is 3.64. The monoisotopic (exact) mass is 393 g/mol. The lowest BCUT2D eigenvalue weighted by molar-refractivity contribution is -0.133. The summed E-state index contributed by atoms with van der Waals surface area (Å²) < 4.78 is 5.68. The number of rotatable bonds is 10. The smallest absolute Gasteiger partial charge is 0.257 e. The number of hydrogen-bond donors (Lipinski definition) is 1. The molecule has 2 heterocycles. The van der Waals surface area contributed by atoms with Crippen molar-refractivity contribution in [3.8, 4) is 10.8 Å². The van der Waals surface area contributed by atoms with Crippen LogP contribution in [-0.2, 0) is 16.1 Å². The molecule has 0 bridgehead atoms. The van der Waals surface area contributed by atoms with E-state index < -0.39 is 0 Å². The van der Waals surface area contributed by atoms with Crippen molar-refractivity contribution >= 4 is 23.2 Å². The lowest BCUT2D eigenvalue weighted by Gasteiger charge is -2.24. The third kappa shape index (κ3) is 6.76. The second-order valence-electron chi connectivity index (χ2n) is 6.69. The molecule has 0 spiro atoms. The van der Waals surface area contributed by atoms with Crippen molar-refractivity contribution in [1.29, 1.82) is 0 Å². The number of thiophene rings is 1. The number of aromatic nitrogens is 2. The standard InChI is InChI=1S/C18H27N5O3S/c1-5-8-23(17(25)12-22(4)10-15(24)19-13(2)3)11-16-20-21-18(26-16)14-7-6-9-27-14/h6-7,9,13H,5,8,10-12H2,1-4H3,(H,19,24). The van der Waals surface area contributed by atoms with E-state index >= 15 is 0 Å². The molecule has 0 atom stereocenters. The van der Waals surface area contributed by atoms with E-state index in [-0.39, 0.29) is 37.5 Å². The molecule has 1 N–H and O–H groups in total. The highest BCUT2D eigenvalue weighted by molar-refractivity contribution is 7.13. The molecule has 0 radical (unpaired) electrons. The summed E-state index contributed by atoms with van der Waals surface area (Å²) in [4.78, 5) is 28.8. The molecule has 0 aromatic carbocycles. The molecule has 0 aliphatic carbocycles. The lowest BCUT2D eigenvalue weighted by Crippen LogP contribution is -2.43. The van der Waals surface area contributed by atoms with E-state index in [2.05, 4.69) is 15.5 Å². The average molecular weight is 394 g/mol. The molecule has 0 saturated carbocycles. The molecule has 9 heteroatoms. The van der Waals surface area contributed by atoms with Gasteiger partial charge < -0.3 is 14.6 Å². The van der Waals surface area contributed by atoms with Gasteiger partial charge in [-0.25, -0.2) is 0 Å². The quantitative estimate of drug-likeness (QED) is 0.664. The van der Waals surface area contributed by atoms with Crippen LogP contribution in [0.15, 0.2) is 21.9 Å². The fourth-order valence-corrected chi connectivity index (χ4v) is 3.19. The highest BCUT2D eigenvalue weighted by atomic mass is 32.1. The second-order valence-corrected chi connectivity index (χ2v) is 7.64. The van der Waals surface area contributed by atoms with Crippen molar-refractivity contribution < 1.29 is 14.0 Å². The van der Waals surface area contributed by atoms with Gasteiger partial charge in [0.1, 0.15) is 0 Å². The molecular formula is C18H27N5O3S. The average Bonchev–Trinajstić information content (AvgIpc) is 3.24. The van der Waals surface area contributed by atoms with Gasteiger partial charge in [0.15, 0.2) is 0 Å². The van der Waals surface area contributed by atoms with Gasteiger partial charge in [0.05, 0.1) is 24.5 Å². The van der Waals surface area contributed by atoms with Crippen molar-refractivity contribution in [2.75, 3.05) is 26.7 Å². The van der Waals surface area contributed by atoms with Gasteiger partial charge in [0.25, 0.3) is 5.89 Å². The summed E-state index contributed by atoms with van der Waals surface area (Å²) in [5.74, 6) is 0.694. The van der Waals surface area contributed by atoms with Crippen LogP contribution in [0.25, 0.3) is 10.8 Å². The zero-order chi connectivity index (χ0) is 19.8. The van der Waals surface area contributed by atoms with Crippen molar-refractivity contribution in [2.45, 2.75) is 39.8 Å². The second kappa shape index (κ2) is 10.2. The molecule has 0 aliphatic heterocycles. The zero-order valence-electron chi connectivity index (χ0n) is 16.3. The maximum absolute atomic E-state index is 12.7. The summed E-state index contributed by atoms with van der Waals surface area (Å²) in [5, 5.41) is 12.9. The normalized spacial score (nSPS) is 11.2. The van der Waals surface area contributed by atoms with Gasteiger partial charge in [-0.05, 0) is 38.8 Å². The van der Waals surface area contributed by atoms with Gasteiger partial charge in [-0.3, -0.25) is 14.5 Å². The summed E-state index contributed by atoms with van der Waals surface area (Å²) in [6.45, 7) is 6.98.